The lowest BCUT2D eigenvalue weighted by molar-refractivity contribution is -0.155. The third-order valence-electron chi connectivity index (χ3n) is 3.69. The van der Waals surface area contributed by atoms with Crippen molar-refractivity contribution in [2.45, 2.75) is 26.4 Å². The quantitative estimate of drug-likeness (QED) is 0.629. The Balaban J connectivity index is 1.82. The molecule has 0 aliphatic heterocycles. The summed E-state index contributed by atoms with van der Waals surface area (Å²) < 4.78 is 21.2. The maximum atomic E-state index is 12.2. The van der Waals surface area contributed by atoms with E-state index in [-0.39, 0.29) is 6.61 Å². The number of amides is 1. The third kappa shape index (κ3) is 6.50. The van der Waals surface area contributed by atoms with Gasteiger partial charge in [-0.05, 0) is 49.7 Å². The van der Waals surface area contributed by atoms with E-state index < -0.39 is 18.0 Å². The van der Waals surface area contributed by atoms with Crippen LogP contribution in [0.15, 0.2) is 48.5 Å². The first-order valence-corrected chi connectivity index (χ1v) is 9.02. The van der Waals surface area contributed by atoms with Gasteiger partial charge in [-0.3, -0.25) is 4.79 Å². The van der Waals surface area contributed by atoms with Gasteiger partial charge >= 0.3 is 5.97 Å². The van der Waals surface area contributed by atoms with Crippen LogP contribution in [0.5, 0.6) is 17.2 Å². The van der Waals surface area contributed by atoms with Gasteiger partial charge in [-0.25, -0.2) is 4.79 Å². The van der Waals surface area contributed by atoms with Gasteiger partial charge in [0.1, 0.15) is 5.75 Å². The highest BCUT2D eigenvalue weighted by atomic mass is 16.6. The molecule has 1 amide bonds. The van der Waals surface area contributed by atoms with Gasteiger partial charge in [-0.2, -0.15) is 0 Å². The Hall–Kier alpha value is -3.22. The zero-order valence-electron chi connectivity index (χ0n) is 16.3. The van der Waals surface area contributed by atoms with E-state index in [4.69, 9.17) is 18.9 Å². The molecule has 2 rings (SSSR count). The van der Waals surface area contributed by atoms with Crippen molar-refractivity contribution in [3.63, 3.8) is 0 Å². The molecule has 0 aliphatic carbocycles. The fraction of sp³-hybridized carbons (Fsp3) is 0.333. The number of rotatable bonds is 10. The van der Waals surface area contributed by atoms with Gasteiger partial charge in [0.25, 0.3) is 5.91 Å². The van der Waals surface area contributed by atoms with Crippen LogP contribution in [-0.4, -0.2) is 38.3 Å². The first kappa shape index (κ1) is 21.1. The second-order valence-corrected chi connectivity index (χ2v) is 5.93. The summed E-state index contributed by atoms with van der Waals surface area (Å²) in [6.07, 6.45) is -0.109. The molecule has 0 unspecified atom stereocenters. The first-order chi connectivity index (χ1) is 13.5. The highest BCUT2D eigenvalue weighted by Crippen LogP contribution is 2.26. The Bertz CT molecular complexity index is 775. The van der Waals surface area contributed by atoms with E-state index in [1.807, 2.05) is 13.0 Å². The first-order valence-electron chi connectivity index (χ1n) is 9.02. The Morgan fingerprint density at radius 3 is 2.25 bits per heavy atom. The standard InChI is InChI=1S/C21H25NO6/c1-4-13-26-18-7-5-6-8-19(18)27-14-20(23)28-15(2)21(24)22-16-9-11-17(25-3)12-10-16/h5-12,15H,4,13-14H2,1-3H3,(H,22,24)/t15-/m1/s1. The second-order valence-electron chi connectivity index (χ2n) is 5.93. The summed E-state index contributed by atoms with van der Waals surface area (Å²) in [4.78, 5) is 24.2. The molecule has 28 heavy (non-hydrogen) atoms. The number of hydrogen-bond donors (Lipinski definition) is 1. The van der Waals surface area contributed by atoms with Crippen molar-refractivity contribution in [2.24, 2.45) is 0 Å². The predicted octanol–water partition coefficient (Wildman–Crippen LogP) is 3.43. The van der Waals surface area contributed by atoms with Gasteiger partial charge < -0.3 is 24.3 Å². The molecular formula is C21H25NO6. The van der Waals surface area contributed by atoms with Gasteiger partial charge in [0.2, 0.25) is 0 Å². The molecule has 7 heteroatoms. The summed E-state index contributed by atoms with van der Waals surface area (Å²) in [5.74, 6) is 0.594. The van der Waals surface area contributed by atoms with Crippen molar-refractivity contribution < 1.29 is 28.5 Å². The molecular weight excluding hydrogens is 362 g/mol. The summed E-state index contributed by atoms with van der Waals surface area (Å²) >= 11 is 0. The molecule has 1 N–H and O–H groups in total. The minimum absolute atomic E-state index is 0.327. The Kier molecular flexibility index (Phi) is 8.14. The Morgan fingerprint density at radius 1 is 1.00 bits per heavy atom. The van der Waals surface area contributed by atoms with E-state index in [2.05, 4.69) is 5.32 Å². The molecule has 7 nitrogen and oxygen atoms in total. The van der Waals surface area contributed by atoms with Gasteiger partial charge in [0.05, 0.1) is 13.7 Å². The van der Waals surface area contributed by atoms with Crippen LogP contribution in [0.2, 0.25) is 0 Å². The van der Waals surface area contributed by atoms with Crippen molar-refractivity contribution in [1.29, 1.82) is 0 Å². The number of anilines is 1. The average Bonchev–Trinajstić information content (AvgIpc) is 2.71. The number of nitrogens with one attached hydrogen (secondary N) is 1. The number of ether oxygens (including phenoxy) is 4. The summed E-state index contributed by atoms with van der Waals surface area (Å²) in [6, 6.07) is 13.9. The van der Waals surface area contributed by atoms with E-state index in [0.29, 0.717) is 29.5 Å². The van der Waals surface area contributed by atoms with Crippen molar-refractivity contribution in [3.8, 4) is 17.2 Å². The normalized spacial score (nSPS) is 11.2. The SMILES string of the molecule is CCCOc1ccccc1OCC(=O)O[C@H](C)C(=O)Nc1ccc(OC)cc1. The molecule has 0 aliphatic rings. The smallest absolute Gasteiger partial charge is 0.344 e. The number of hydrogen-bond acceptors (Lipinski definition) is 6. The fourth-order valence-electron chi connectivity index (χ4n) is 2.24. The monoisotopic (exact) mass is 387 g/mol. The van der Waals surface area contributed by atoms with E-state index in [1.165, 1.54) is 6.92 Å². The number of methoxy groups -OCH3 is 1. The summed E-state index contributed by atoms with van der Waals surface area (Å²) in [5.41, 5.74) is 0.576. The number of esters is 1. The van der Waals surface area contributed by atoms with Gasteiger partial charge in [0, 0.05) is 5.69 Å². The molecule has 0 saturated carbocycles. The molecule has 2 aromatic rings. The summed E-state index contributed by atoms with van der Waals surface area (Å²) in [7, 11) is 1.56. The molecule has 1 atom stereocenters. The maximum absolute atomic E-state index is 12.2. The topological polar surface area (TPSA) is 83.1 Å². The van der Waals surface area contributed by atoms with Crippen LogP contribution in [-0.2, 0) is 14.3 Å². The highest BCUT2D eigenvalue weighted by molar-refractivity contribution is 5.95. The van der Waals surface area contributed by atoms with Crippen LogP contribution < -0.4 is 19.5 Å². The number of benzene rings is 2. The zero-order valence-corrected chi connectivity index (χ0v) is 16.3. The van der Waals surface area contributed by atoms with E-state index in [1.54, 1.807) is 49.6 Å². The number of para-hydroxylation sites is 2. The molecule has 0 spiro atoms. The molecule has 0 heterocycles. The Labute approximate surface area is 164 Å². The van der Waals surface area contributed by atoms with Crippen molar-refractivity contribution in [2.75, 3.05) is 25.6 Å². The number of carbonyl (C=O) groups excluding carboxylic acids is 2. The molecule has 0 radical (unpaired) electrons. The lowest BCUT2D eigenvalue weighted by atomic mass is 10.3. The van der Waals surface area contributed by atoms with Crippen LogP contribution >= 0.6 is 0 Å². The highest BCUT2D eigenvalue weighted by Gasteiger charge is 2.19. The minimum Gasteiger partial charge on any atom is -0.497 e. The summed E-state index contributed by atoms with van der Waals surface area (Å²) in [5, 5.41) is 2.67. The van der Waals surface area contributed by atoms with Gasteiger partial charge in [-0.15, -0.1) is 0 Å². The van der Waals surface area contributed by atoms with Crippen LogP contribution in [0.4, 0.5) is 5.69 Å². The minimum atomic E-state index is -0.968. The van der Waals surface area contributed by atoms with Crippen LogP contribution in [0.25, 0.3) is 0 Å². The molecule has 0 aromatic heterocycles. The van der Waals surface area contributed by atoms with E-state index in [0.717, 1.165) is 6.42 Å². The lowest BCUT2D eigenvalue weighted by Crippen LogP contribution is -2.31. The number of carbonyl (C=O) groups is 2. The van der Waals surface area contributed by atoms with Gasteiger partial charge in [-0.1, -0.05) is 19.1 Å². The van der Waals surface area contributed by atoms with Crippen molar-refractivity contribution in [1.82, 2.24) is 0 Å². The lowest BCUT2D eigenvalue weighted by Gasteiger charge is -2.15. The fourth-order valence-corrected chi connectivity index (χ4v) is 2.24. The van der Waals surface area contributed by atoms with Gasteiger partial charge in [0.15, 0.2) is 24.2 Å². The summed E-state index contributed by atoms with van der Waals surface area (Å²) in [6.45, 7) is 3.72. The molecule has 0 fully saturated rings. The maximum Gasteiger partial charge on any atom is 0.344 e. The average molecular weight is 387 g/mol. The largest absolute Gasteiger partial charge is 0.497 e. The Morgan fingerprint density at radius 2 is 1.64 bits per heavy atom. The zero-order chi connectivity index (χ0) is 20.4. The molecule has 2 aromatic carbocycles. The van der Waals surface area contributed by atoms with Crippen LogP contribution in [0.3, 0.4) is 0 Å². The van der Waals surface area contributed by atoms with E-state index in [9.17, 15) is 9.59 Å². The molecule has 150 valence electrons. The van der Waals surface area contributed by atoms with Crippen molar-refractivity contribution >= 4 is 17.6 Å². The third-order valence-corrected chi connectivity index (χ3v) is 3.69. The predicted molar refractivity (Wildman–Crippen MR) is 105 cm³/mol. The van der Waals surface area contributed by atoms with Crippen molar-refractivity contribution in [3.05, 3.63) is 48.5 Å². The molecule has 0 saturated heterocycles. The van der Waals surface area contributed by atoms with Crippen LogP contribution in [0, 0.1) is 0 Å². The molecule has 0 bridgehead atoms. The second kappa shape index (κ2) is 10.8. The van der Waals surface area contributed by atoms with E-state index >= 15 is 0 Å². The van der Waals surface area contributed by atoms with Crippen LogP contribution in [0.1, 0.15) is 20.3 Å².